The molecule has 1 aromatic heterocycles. The smallest absolute Gasteiger partial charge is 0.346 e. The highest BCUT2D eigenvalue weighted by molar-refractivity contribution is 7.12. The van der Waals surface area contributed by atoms with Gasteiger partial charge in [0.05, 0.1) is 0 Å². The molecule has 1 heterocycles. The van der Waals surface area contributed by atoms with Gasteiger partial charge in [-0.25, -0.2) is 4.79 Å². The first-order valence-corrected chi connectivity index (χ1v) is 7.71. The van der Waals surface area contributed by atoms with Gasteiger partial charge in [-0.3, -0.25) is 0 Å². The largest absolute Gasteiger partial charge is 0.489 e. The van der Waals surface area contributed by atoms with E-state index in [-0.39, 0.29) is 13.2 Å². The van der Waals surface area contributed by atoms with Crippen molar-refractivity contribution in [1.29, 1.82) is 0 Å². The van der Waals surface area contributed by atoms with Gasteiger partial charge in [0.15, 0.2) is 0 Å². The Morgan fingerprint density at radius 2 is 1.90 bits per heavy atom. The lowest BCUT2D eigenvalue weighted by Crippen LogP contribution is -2.01. The number of aliphatic hydroxyl groups excluding tert-OH is 1. The molecular weight excluding hydrogens is 288 g/mol. The fraction of sp³-hybridized carbons (Fsp3) is 0.312. The molecule has 0 amide bonds. The molecular formula is C16H18O4S. The molecule has 0 bridgehead atoms. The Balaban J connectivity index is 1.88. The average molecular weight is 306 g/mol. The second-order valence-corrected chi connectivity index (χ2v) is 5.61. The zero-order valence-electron chi connectivity index (χ0n) is 11.6. The number of carboxylic acids is 1. The van der Waals surface area contributed by atoms with Crippen LogP contribution in [0.3, 0.4) is 0 Å². The summed E-state index contributed by atoms with van der Waals surface area (Å²) in [4.78, 5) is 11.3. The molecule has 0 fully saturated rings. The van der Waals surface area contributed by atoms with E-state index >= 15 is 0 Å². The van der Waals surface area contributed by atoms with Crippen LogP contribution >= 0.6 is 11.3 Å². The number of ether oxygens (including phenoxy) is 1. The predicted octanol–water partition coefficient (Wildman–Crippen LogP) is 3.34. The maximum absolute atomic E-state index is 11.0. The second-order valence-electron chi connectivity index (χ2n) is 4.69. The third-order valence-electron chi connectivity index (χ3n) is 3.13. The third-order valence-corrected chi connectivity index (χ3v) is 4.08. The van der Waals surface area contributed by atoms with Crippen molar-refractivity contribution < 1.29 is 19.7 Å². The molecule has 0 aliphatic rings. The lowest BCUT2D eigenvalue weighted by atomic mass is 10.1. The average Bonchev–Trinajstić information content (AvgIpc) is 2.95. The summed E-state index contributed by atoms with van der Waals surface area (Å²) >= 11 is 1.21. The predicted molar refractivity (Wildman–Crippen MR) is 82.1 cm³/mol. The molecule has 0 atom stereocenters. The monoisotopic (exact) mass is 306 g/mol. The lowest BCUT2D eigenvalue weighted by Gasteiger charge is -2.07. The Hall–Kier alpha value is -1.85. The van der Waals surface area contributed by atoms with Gasteiger partial charge < -0.3 is 14.9 Å². The fourth-order valence-corrected chi connectivity index (χ4v) is 2.74. The summed E-state index contributed by atoms with van der Waals surface area (Å²) in [5.74, 6) is -0.189. The SMILES string of the molecule is O=C(O)c1sccc1COc1ccc(CCCCO)cc1. The molecule has 0 unspecified atom stereocenters. The minimum Gasteiger partial charge on any atom is -0.489 e. The van der Waals surface area contributed by atoms with E-state index in [1.807, 2.05) is 24.3 Å². The Labute approximate surface area is 127 Å². The number of unbranched alkanes of at least 4 members (excludes halogenated alkanes) is 1. The van der Waals surface area contributed by atoms with Gasteiger partial charge in [-0.2, -0.15) is 0 Å². The molecule has 0 radical (unpaired) electrons. The number of aryl methyl sites for hydroxylation is 1. The van der Waals surface area contributed by atoms with Gasteiger partial charge in [0.25, 0.3) is 0 Å². The van der Waals surface area contributed by atoms with Crippen molar-refractivity contribution in [2.24, 2.45) is 0 Å². The molecule has 0 spiro atoms. The van der Waals surface area contributed by atoms with Gasteiger partial charge >= 0.3 is 5.97 Å². The van der Waals surface area contributed by atoms with Crippen molar-refractivity contribution in [3.05, 3.63) is 51.7 Å². The minimum absolute atomic E-state index is 0.230. The van der Waals surface area contributed by atoms with Gasteiger partial charge in [-0.15, -0.1) is 11.3 Å². The Bertz CT molecular complexity index is 574. The number of carbonyl (C=O) groups is 1. The molecule has 0 saturated heterocycles. The van der Waals surface area contributed by atoms with Crippen LogP contribution in [-0.4, -0.2) is 22.8 Å². The maximum Gasteiger partial charge on any atom is 0.346 e. The second kappa shape index (κ2) is 7.81. The number of hydrogen-bond acceptors (Lipinski definition) is 4. The first-order chi connectivity index (χ1) is 10.2. The van der Waals surface area contributed by atoms with Crippen LogP contribution in [0.1, 0.15) is 33.6 Å². The highest BCUT2D eigenvalue weighted by atomic mass is 32.1. The summed E-state index contributed by atoms with van der Waals surface area (Å²) in [6.07, 6.45) is 2.72. The van der Waals surface area contributed by atoms with E-state index in [4.69, 9.17) is 14.9 Å². The van der Waals surface area contributed by atoms with E-state index in [2.05, 4.69) is 0 Å². The van der Waals surface area contributed by atoms with E-state index in [0.29, 0.717) is 10.4 Å². The maximum atomic E-state index is 11.0. The Kier molecular flexibility index (Phi) is 5.78. The fourth-order valence-electron chi connectivity index (χ4n) is 1.99. The lowest BCUT2D eigenvalue weighted by molar-refractivity contribution is 0.0699. The van der Waals surface area contributed by atoms with E-state index in [1.165, 1.54) is 16.9 Å². The molecule has 0 aliphatic heterocycles. The van der Waals surface area contributed by atoms with Crippen LogP contribution in [0.2, 0.25) is 0 Å². The molecule has 2 aromatic rings. The molecule has 112 valence electrons. The molecule has 1 aromatic carbocycles. The van der Waals surface area contributed by atoms with E-state index in [9.17, 15) is 4.79 Å². The van der Waals surface area contributed by atoms with Crippen molar-refractivity contribution in [3.63, 3.8) is 0 Å². The van der Waals surface area contributed by atoms with E-state index in [1.54, 1.807) is 11.4 Å². The summed E-state index contributed by atoms with van der Waals surface area (Å²) in [6, 6.07) is 9.55. The van der Waals surface area contributed by atoms with Gasteiger partial charge in [-0.1, -0.05) is 12.1 Å². The van der Waals surface area contributed by atoms with Gasteiger partial charge in [0, 0.05) is 12.2 Å². The number of rotatable bonds is 8. The molecule has 0 saturated carbocycles. The molecule has 0 aliphatic carbocycles. The number of aliphatic hydroxyl groups is 1. The van der Waals surface area contributed by atoms with Crippen LogP contribution in [0.15, 0.2) is 35.7 Å². The topological polar surface area (TPSA) is 66.8 Å². The number of thiophene rings is 1. The van der Waals surface area contributed by atoms with E-state index < -0.39 is 5.97 Å². The van der Waals surface area contributed by atoms with Crippen molar-refractivity contribution in [3.8, 4) is 5.75 Å². The summed E-state index contributed by atoms with van der Waals surface area (Å²) in [6.45, 7) is 0.489. The van der Waals surface area contributed by atoms with Crippen molar-refractivity contribution in [1.82, 2.24) is 0 Å². The number of aromatic carboxylic acids is 1. The van der Waals surface area contributed by atoms with Crippen molar-refractivity contribution in [2.75, 3.05) is 6.61 Å². The van der Waals surface area contributed by atoms with Gasteiger partial charge in [-0.05, 0) is 48.4 Å². The van der Waals surface area contributed by atoms with Crippen LogP contribution < -0.4 is 4.74 Å². The van der Waals surface area contributed by atoms with Crippen LogP contribution in [0.5, 0.6) is 5.75 Å². The number of hydrogen-bond donors (Lipinski definition) is 2. The Morgan fingerprint density at radius 3 is 2.57 bits per heavy atom. The highest BCUT2D eigenvalue weighted by Crippen LogP contribution is 2.20. The standard InChI is InChI=1S/C16H18O4S/c17-9-2-1-3-12-4-6-14(7-5-12)20-11-13-8-10-21-15(13)16(18)19/h4-8,10,17H,1-3,9,11H2,(H,18,19). The minimum atomic E-state index is -0.914. The molecule has 21 heavy (non-hydrogen) atoms. The molecule has 2 N–H and O–H groups in total. The first-order valence-electron chi connectivity index (χ1n) is 6.83. The molecule has 2 rings (SSSR count). The molecule has 4 nitrogen and oxygen atoms in total. The van der Waals surface area contributed by atoms with E-state index in [0.717, 1.165) is 25.0 Å². The zero-order valence-corrected chi connectivity index (χ0v) is 12.4. The molecule has 5 heteroatoms. The highest BCUT2D eigenvalue weighted by Gasteiger charge is 2.11. The van der Waals surface area contributed by atoms with Gasteiger partial charge in [0.2, 0.25) is 0 Å². The summed E-state index contributed by atoms with van der Waals surface area (Å²) in [5, 5.41) is 19.5. The zero-order chi connectivity index (χ0) is 15.1. The summed E-state index contributed by atoms with van der Waals surface area (Å²) in [7, 11) is 0. The normalized spacial score (nSPS) is 10.5. The number of carboxylic acid groups (broad SMARTS) is 1. The van der Waals surface area contributed by atoms with Crippen molar-refractivity contribution >= 4 is 17.3 Å². The third kappa shape index (κ3) is 4.58. The van der Waals surface area contributed by atoms with Crippen LogP contribution in [0, 0.1) is 0 Å². The Morgan fingerprint density at radius 1 is 1.14 bits per heavy atom. The quantitative estimate of drug-likeness (QED) is 0.734. The van der Waals surface area contributed by atoms with Crippen LogP contribution in [-0.2, 0) is 13.0 Å². The van der Waals surface area contributed by atoms with Crippen molar-refractivity contribution in [2.45, 2.75) is 25.9 Å². The number of benzene rings is 1. The van der Waals surface area contributed by atoms with Gasteiger partial charge in [0.1, 0.15) is 17.2 Å². The summed E-state index contributed by atoms with van der Waals surface area (Å²) in [5.41, 5.74) is 1.90. The first kappa shape index (κ1) is 15.5. The summed E-state index contributed by atoms with van der Waals surface area (Å²) < 4.78 is 5.63. The van der Waals surface area contributed by atoms with Crippen LogP contribution in [0.25, 0.3) is 0 Å². The van der Waals surface area contributed by atoms with Crippen LogP contribution in [0.4, 0.5) is 0 Å².